The largest absolute Gasteiger partial charge is 0.341 e. The van der Waals surface area contributed by atoms with Gasteiger partial charge in [0, 0.05) is 25.6 Å². The topological polar surface area (TPSA) is 32.3 Å². The van der Waals surface area contributed by atoms with Gasteiger partial charge in [0.25, 0.3) is 0 Å². The van der Waals surface area contributed by atoms with E-state index in [0.29, 0.717) is 12.5 Å². The Labute approximate surface area is 86.3 Å². The van der Waals surface area contributed by atoms with E-state index < -0.39 is 0 Å². The van der Waals surface area contributed by atoms with Gasteiger partial charge < -0.3 is 10.2 Å². The number of likely N-dealkylation sites (tertiary alicyclic amines) is 1. The molecule has 1 N–H and O–H groups in total. The highest BCUT2D eigenvalue weighted by Crippen LogP contribution is 2.10. The smallest absolute Gasteiger partial charge is 0.222 e. The molecule has 0 saturated carbocycles. The van der Waals surface area contributed by atoms with Gasteiger partial charge >= 0.3 is 0 Å². The summed E-state index contributed by atoms with van der Waals surface area (Å²) in [5.74, 6) is 0.287. The first kappa shape index (κ1) is 12.7. The molecule has 0 aliphatic carbocycles. The number of amides is 1. The first-order chi connectivity index (χ1) is 5.77. The number of hydrogen-bond acceptors (Lipinski definition) is 2. The molecular weight excluding hydrogens is 188 g/mol. The molecule has 1 unspecified atom stereocenters. The van der Waals surface area contributed by atoms with E-state index in [1.807, 2.05) is 18.9 Å². The number of nitrogens with zero attached hydrogens (tertiary/aromatic N) is 1. The van der Waals surface area contributed by atoms with E-state index >= 15 is 0 Å². The maximum atomic E-state index is 11.3. The van der Waals surface area contributed by atoms with Crippen LogP contribution in [0.25, 0.3) is 0 Å². The van der Waals surface area contributed by atoms with Gasteiger partial charge in [-0.3, -0.25) is 4.79 Å². The Balaban J connectivity index is 0.00000144. The van der Waals surface area contributed by atoms with Crippen molar-refractivity contribution in [1.29, 1.82) is 0 Å². The molecule has 1 aliphatic heterocycles. The van der Waals surface area contributed by atoms with Crippen molar-refractivity contribution in [1.82, 2.24) is 10.2 Å². The average Bonchev–Trinajstić information content (AvgIpc) is 2.17. The molecule has 0 bridgehead atoms. The fourth-order valence-electron chi connectivity index (χ4n) is 1.66. The lowest BCUT2D eigenvalue weighted by Crippen LogP contribution is -2.46. The van der Waals surface area contributed by atoms with Crippen LogP contribution in [0, 0.1) is 0 Å². The lowest BCUT2D eigenvalue weighted by molar-refractivity contribution is -0.132. The Hall–Kier alpha value is -0.280. The molecule has 0 aromatic carbocycles. The molecule has 1 aliphatic rings. The number of halogens is 1. The summed E-state index contributed by atoms with van der Waals surface area (Å²) in [5, 5.41) is 3.22. The van der Waals surface area contributed by atoms with Crippen LogP contribution in [0.1, 0.15) is 26.2 Å². The Kier molecular flexibility index (Phi) is 6.08. The maximum absolute atomic E-state index is 11.3. The number of likely N-dealkylation sites (N-methyl/N-ethyl adjacent to an activating group) is 1. The fourth-order valence-corrected chi connectivity index (χ4v) is 1.66. The molecule has 1 atom stereocenters. The van der Waals surface area contributed by atoms with Crippen LogP contribution < -0.4 is 5.32 Å². The van der Waals surface area contributed by atoms with Gasteiger partial charge in [0.05, 0.1) is 0 Å². The van der Waals surface area contributed by atoms with E-state index in [9.17, 15) is 4.79 Å². The monoisotopic (exact) mass is 206 g/mol. The van der Waals surface area contributed by atoms with Gasteiger partial charge in [-0.2, -0.15) is 0 Å². The summed E-state index contributed by atoms with van der Waals surface area (Å²) in [6, 6.07) is 0.509. The van der Waals surface area contributed by atoms with Crippen LogP contribution in [0.5, 0.6) is 0 Å². The molecule has 1 rings (SSSR count). The maximum Gasteiger partial charge on any atom is 0.222 e. The van der Waals surface area contributed by atoms with Gasteiger partial charge in [0.1, 0.15) is 0 Å². The van der Waals surface area contributed by atoms with Crippen LogP contribution in [0.15, 0.2) is 0 Å². The zero-order valence-electron chi connectivity index (χ0n) is 8.38. The van der Waals surface area contributed by atoms with Gasteiger partial charge in [0.15, 0.2) is 0 Å². The summed E-state index contributed by atoms with van der Waals surface area (Å²) < 4.78 is 0. The molecule has 1 fully saturated rings. The van der Waals surface area contributed by atoms with Gasteiger partial charge in [0.2, 0.25) is 5.91 Å². The zero-order chi connectivity index (χ0) is 8.97. The minimum Gasteiger partial charge on any atom is -0.341 e. The zero-order valence-corrected chi connectivity index (χ0v) is 9.19. The lowest BCUT2D eigenvalue weighted by atomic mass is 10.1. The van der Waals surface area contributed by atoms with Crippen molar-refractivity contribution in [2.75, 3.05) is 20.1 Å². The van der Waals surface area contributed by atoms with Gasteiger partial charge in [-0.25, -0.2) is 0 Å². The first-order valence-corrected chi connectivity index (χ1v) is 4.73. The highest BCUT2D eigenvalue weighted by atomic mass is 35.5. The molecule has 0 spiro atoms. The molecule has 4 heteroatoms. The third-order valence-electron chi connectivity index (χ3n) is 2.48. The van der Waals surface area contributed by atoms with Crippen molar-refractivity contribution in [2.45, 2.75) is 32.2 Å². The molecule has 0 aromatic heterocycles. The molecule has 13 heavy (non-hydrogen) atoms. The Morgan fingerprint density at radius 3 is 2.85 bits per heavy atom. The predicted molar refractivity (Wildman–Crippen MR) is 56.2 cm³/mol. The lowest BCUT2D eigenvalue weighted by Gasteiger charge is -2.32. The molecule has 1 amide bonds. The highest BCUT2D eigenvalue weighted by Gasteiger charge is 2.20. The van der Waals surface area contributed by atoms with Crippen LogP contribution in [0.2, 0.25) is 0 Å². The third kappa shape index (κ3) is 3.53. The summed E-state index contributed by atoms with van der Waals surface area (Å²) >= 11 is 0. The number of carbonyl (C=O) groups excluding carboxylic acids is 1. The van der Waals surface area contributed by atoms with Crippen molar-refractivity contribution >= 4 is 18.3 Å². The molecular formula is C9H19ClN2O. The number of rotatable bonds is 2. The molecule has 0 aromatic rings. The Bertz CT molecular complexity index is 164. The van der Waals surface area contributed by atoms with Crippen molar-refractivity contribution in [3.8, 4) is 0 Å². The van der Waals surface area contributed by atoms with E-state index in [4.69, 9.17) is 0 Å². The molecule has 1 saturated heterocycles. The van der Waals surface area contributed by atoms with E-state index in [1.54, 1.807) is 0 Å². The van der Waals surface area contributed by atoms with E-state index in [0.717, 1.165) is 19.5 Å². The van der Waals surface area contributed by atoms with Gasteiger partial charge in [-0.05, 0) is 19.9 Å². The van der Waals surface area contributed by atoms with Crippen molar-refractivity contribution in [3.63, 3.8) is 0 Å². The van der Waals surface area contributed by atoms with E-state index in [2.05, 4.69) is 5.32 Å². The summed E-state index contributed by atoms with van der Waals surface area (Å²) in [4.78, 5) is 13.3. The fraction of sp³-hybridized carbons (Fsp3) is 0.889. The van der Waals surface area contributed by atoms with Crippen LogP contribution >= 0.6 is 12.4 Å². The molecule has 0 radical (unpaired) electrons. The summed E-state index contributed by atoms with van der Waals surface area (Å²) in [5.41, 5.74) is 0. The number of piperidine rings is 1. The van der Waals surface area contributed by atoms with Crippen LogP contribution in [-0.4, -0.2) is 37.0 Å². The van der Waals surface area contributed by atoms with Crippen molar-refractivity contribution < 1.29 is 4.79 Å². The number of carbonyl (C=O) groups is 1. The normalized spacial score (nSPS) is 22.3. The minimum atomic E-state index is 0. The summed E-state index contributed by atoms with van der Waals surface area (Å²) in [6.07, 6.45) is 2.97. The Morgan fingerprint density at radius 2 is 2.31 bits per heavy atom. The minimum absolute atomic E-state index is 0. The SMILES string of the molecule is CCC(=O)N1CCCC(NC)C1.Cl. The van der Waals surface area contributed by atoms with E-state index in [1.165, 1.54) is 6.42 Å². The van der Waals surface area contributed by atoms with E-state index in [-0.39, 0.29) is 18.3 Å². The number of nitrogens with one attached hydrogen (secondary N) is 1. The standard InChI is InChI=1S/C9H18N2O.ClH/c1-3-9(12)11-6-4-5-8(7-11)10-2;/h8,10H,3-7H2,1-2H3;1H. The van der Waals surface area contributed by atoms with Crippen LogP contribution in [-0.2, 0) is 4.79 Å². The Morgan fingerprint density at radius 1 is 1.62 bits per heavy atom. The van der Waals surface area contributed by atoms with Gasteiger partial charge in [-0.15, -0.1) is 12.4 Å². The van der Waals surface area contributed by atoms with Crippen molar-refractivity contribution in [2.24, 2.45) is 0 Å². The van der Waals surface area contributed by atoms with Crippen molar-refractivity contribution in [3.05, 3.63) is 0 Å². The van der Waals surface area contributed by atoms with Crippen LogP contribution in [0.4, 0.5) is 0 Å². The first-order valence-electron chi connectivity index (χ1n) is 4.73. The second-order valence-corrected chi connectivity index (χ2v) is 3.32. The second-order valence-electron chi connectivity index (χ2n) is 3.32. The summed E-state index contributed by atoms with van der Waals surface area (Å²) in [7, 11) is 1.96. The third-order valence-corrected chi connectivity index (χ3v) is 2.48. The predicted octanol–water partition coefficient (Wildman–Crippen LogP) is 1.03. The molecule has 78 valence electrons. The molecule has 3 nitrogen and oxygen atoms in total. The summed E-state index contributed by atoms with van der Waals surface area (Å²) in [6.45, 7) is 3.76. The average molecular weight is 207 g/mol. The van der Waals surface area contributed by atoms with Gasteiger partial charge in [-0.1, -0.05) is 6.92 Å². The highest BCUT2D eigenvalue weighted by molar-refractivity contribution is 5.85. The second kappa shape index (κ2) is 6.22. The quantitative estimate of drug-likeness (QED) is 0.732. The molecule has 1 heterocycles. The van der Waals surface area contributed by atoms with Crippen LogP contribution in [0.3, 0.4) is 0 Å². The number of hydrogen-bond donors (Lipinski definition) is 1.